The summed E-state index contributed by atoms with van der Waals surface area (Å²) in [6.45, 7) is 2.52. The lowest BCUT2D eigenvalue weighted by atomic mass is 10.1. The predicted octanol–water partition coefficient (Wildman–Crippen LogP) is 3.45. The standard InChI is InChI=1S/C17H18ClFN2O/c1-12(15-4-2-3-5-16(15)18)20-11-17(22)21-10-13-6-8-14(19)9-7-13/h2-9,12,20H,10-11H2,1H3,(H,21,22)/t12-/m0/s1. The van der Waals surface area contributed by atoms with Crippen LogP contribution in [0.25, 0.3) is 0 Å². The molecule has 2 aromatic carbocycles. The number of halogens is 2. The van der Waals surface area contributed by atoms with E-state index in [4.69, 9.17) is 11.6 Å². The van der Waals surface area contributed by atoms with E-state index in [1.165, 1.54) is 12.1 Å². The maximum absolute atomic E-state index is 12.8. The van der Waals surface area contributed by atoms with Crippen molar-refractivity contribution in [1.29, 1.82) is 0 Å². The number of hydrogen-bond acceptors (Lipinski definition) is 2. The van der Waals surface area contributed by atoms with E-state index in [1.54, 1.807) is 12.1 Å². The molecule has 0 aromatic heterocycles. The number of benzene rings is 2. The van der Waals surface area contributed by atoms with Crippen LogP contribution in [0.1, 0.15) is 24.1 Å². The molecule has 0 aliphatic carbocycles. The van der Waals surface area contributed by atoms with Gasteiger partial charge < -0.3 is 10.6 Å². The molecule has 22 heavy (non-hydrogen) atoms. The van der Waals surface area contributed by atoms with Gasteiger partial charge in [0.2, 0.25) is 5.91 Å². The van der Waals surface area contributed by atoms with Crippen LogP contribution in [0.15, 0.2) is 48.5 Å². The van der Waals surface area contributed by atoms with Crippen LogP contribution < -0.4 is 10.6 Å². The first-order valence-electron chi connectivity index (χ1n) is 7.05. The lowest BCUT2D eigenvalue weighted by molar-refractivity contribution is -0.120. The van der Waals surface area contributed by atoms with Crippen molar-refractivity contribution in [3.05, 3.63) is 70.5 Å². The topological polar surface area (TPSA) is 41.1 Å². The zero-order valence-electron chi connectivity index (χ0n) is 12.3. The van der Waals surface area contributed by atoms with E-state index < -0.39 is 0 Å². The summed E-state index contributed by atoms with van der Waals surface area (Å²) in [4.78, 5) is 11.8. The fourth-order valence-electron chi connectivity index (χ4n) is 2.05. The molecule has 3 nitrogen and oxygen atoms in total. The monoisotopic (exact) mass is 320 g/mol. The van der Waals surface area contributed by atoms with E-state index in [0.29, 0.717) is 11.6 Å². The molecular weight excluding hydrogens is 303 g/mol. The molecule has 2 N–H and O–H groups in total. The van der Waals surface area contributed by atoms with Gasteiger partial charge in [0, 0.05) is 17.6 Å². The molecule has 0 heterocycles. The maximum atomic E-state index is 12.8. The van der Waals surface area contributed by atoms with Gasteiger partial charge in [-0.3, -0.25) is 4.79 Å². The predicted molar refractivity (Wildman–Crippen MR) is 86.1 cm³/mol. The fourth-order valence-corrected chi connectivity index (χ4v) is 2.35. The summed E-state index contributed by atoms with van der Waals surface area (Å²) in [5.74, 6) is -0.409. The van der Waals surface area contributed by atoms with Crippen molar-refractivity contribution in [2.75, 3.05) is 6.54 Å². The quantitative estimate of drug-likeness (QED) is 0.856. The number of carbonyl (C=O) groups is 1. The second kappa shape index (κ2) is 7.92. The molecule has 0 aliphatic rings. The van der Waals surface area contributed by atoms with Crippen molar-refractivity contribution >= 4 is 17.5 Å². The molecule has 0 spiro atoms. The average Bonchev–Trinajstić information content (AvgIpc) is 2.52. The molecule has 0 unspecified atom stereocenters. The first-order valence-corrected chi connectivity index (χ1v) is 7.43. The van der Waals surface area contributed by atoms with E-state index >= 15 is 0 Å². The number of nitrogens with one attached hydrogen (secondary N) is 2. The zero-order chi connectivity index (χ0) is 15.9. The highest BCUT2D eigenvalue weighted by Gasteiger charge is 2.10. The van der Waals surface area contributed by atoms with Crippen LogP contribution in [0.2, 0.25) is 5.02 Å². The lowest BCUT2D eigenvalue weighted by Crippen LogP contribution is -2.34. The normalized spacial score (nSPS) is 12.0. The SMILES string of the molecule is C[C@H](NCC(=O)NCc1ccc(F)cc1)c1ccccc1Cl. The molecular formula is C17H18ClFN2O. The Hall–Kier alpha value is -1.91. The van der Waals surface area contributed by atoms with Crippen LogP contribution in [0, 0.1) is 5.82 Å². The summed E-state index contributed by atoms with van der Waals surface area (Å²) in [7, 11) is 0. The first kappa shape index (κ1) is 16.5. The van der Waals surface area contributed by atoms with Gasteiger partial charge in [-0.05, 0) is 36.2 Å². The Morgan fingerprint density at radius 3 is 2.55 bits per heavy atom. The summed E-state index contributed by atoms with van der Waals surface area (Å²) < 4.78 is 12.8. The lowest BCUT2D eigenvalue weighted by Gasteiger charge is -2.15. The van der Waals surface area contributed by atoms with Gasteiger partial charge >= 0.3 is 0 Å². The molecule has 0 fully saturated rings. The van der Waals surface area contributed by atoms with E-state index in [0.717, 1.165) is 11.1 Å². The maximum Gasteiger partial charge on any atom is 0.234 e. The van der Waals surface area contributed by atoms with E-state index in [1.807, 2.05) is 31.2 Å². The molecule has 1 atom stereocenters. The molecule has 2 rings (SSSR count). The van der Waals surface area contributed by atoms with Crippen LogP contribution in [0.3, 0.4) is 0 Å². The Morgan fingerprint density at radius 1 is 1.18 bits per heavy atom. The van der Waals surface area contributed by atoms with Gasteiger partial charge in [-0.15, -0.1) is 0 Å². The van der Waals surface area contributed by atoms with Crippen LogP contribution in [0.4, 0.5) is 4.39 Å². The van der Waals surface area contributed by atoms with Crippen molar-refractivity contribution in [3.63, 3.8) is 0 Å². The minimum atomic E-state index is -0.287. The van der Waals surface area contributed by atoms with E-state index in [-0.39, 0.29) is 24.3 Å². The molecule has 0 radical (unpaired) electrons. The molecule has 5 heteroatoms. The van der Waals surface area contributed by atoms with E-state index in [9.17, 15) is 9.18 Å². The molecule has 116 valence electrons. The van der Waals surface area contributed by atoms with Gasteiger partial charge in [-0.1, -0.05) is 41.9 Å². The number of hydrogen-bond donors (Lipinski definition) is 2. The van der Waals surface area contributed by atoms with Crippen LogP contribution >= 0.6 is 11.6 Å². The molecule has 0 saturated carbocycles. The highest BCUT2D eigenvalue weighted by molar-refractivity contribution is 6.31. The van der Waals surface area contributed by atoms with Crippen LogP contribution in [-0.4, -0.2) is 12.5 Å². The zero-order valence-corrected chi connectivity index (χ0v) is 13.0. The molecule has 0 bridgehead atoms. The van der Waals surface area contributed by atoms with Crippen LogP contribution in [0.5, 0.6) is 0 Å². The highest BCUT2D eigenvalue weighted by Crippen LogP contribution is 2.21. The van der Waals surface area contributed by atoms with E-state index in [2.05, 4.69) is 10.6 Å². The minimum Gasteiger partial charge on any atom is -0.351 e. The van der Waals surface area contributed by atoms with Gasteiger partial charge in [0.25, 0.3) is 0 Å². The van der Waals surface area contributed by atoms with Gasteiger partial charge in [-0.2, -0.15) is 0 Å². The van der Waals surface area contributed by atoms with Gasteiger partial charge in [0.1, 0.15) is 5.82 Å². The van der Waals surface area contributed by atoms with Crippen LogP contribution in [-0.2, 0) is 11.3 Å². The number of rotatable bonds is 6. The molecule has 0 aliphatic heterocycles. The van der Waals surface area contributed by atoms with Gasteiger partial charge in [-0.25, -0.2) is 4.39 Å². The number of amides is 1. The third kappa shape index (κ3) is 4.83. The first-order chi connectivity index (χ1) is 10.6. The molecule has 1 amide bonds. The van der Waals surface area contributed by atoms with Gasteiger partial charge in [0.05, 0.1) is 6.54 Å². The fraction of sp³-hybridized carbons (Fsp3) is 0.235. The smallest absolute Gasteiger partial charge is 0.234 e. The third-order valence-electron chi connectivity index (χ3n) is 3.34. The summed E-state index contributed by atoms with van der Waals surface area (Å²) in [5.41, 5.74) is 1.81. The summed E-state index contributed by atoms with van der Waals surface area (Å²) in [5, 5.41) is 6.59. The Kier molecular flexibility index (Phi) is 5.92. The minimum absolute atomic E-state index is 0.0229. The second-order valence-electron chi connectivity index (χ2n) is 5.03. The summed E-state index contributed by atoms with van der Waals surface area (Å²) >= 11 is 6.12. The summed E-state index contributed by atoms with van der Waals surface area (Å²) in [6.07, 6.45) is 0. The Balaban J connectivity index is 1.78. The molecule has 0 saturated heterocycles. The van der Waals surface area contributed by atoms with Gasteiger partial charge in [0.15, 0.2) is 0 Å². The van der Waals surface area contributed by atoms with Crippen molar-refractivity contribution < 1.29 is 9.18 Å². The Morgan fingerprint density at radius 2 is 1.86 bits per heavy atom. The van der Waals surface area contributed by atoms with Crippen molar-refractivity contribution in [3.8, 4) is 0 Å². The second-order valence-corrected chi connectivity index (χ2v) is 5.43. The Labute approximate surface area is 134 Å². The molecule has 2 aromatic rings. The highest BCUT2D eigenvalue weighted by atomic mass is 35.5. The third-order valence-corrected chi connectivity index (χ3v) is 3.69. The average molecular weight is 321 g/mol. The largest absolute Gasteiger partial charge is 0.351 e. The van der Waals surface area contributed by atoms with Crippen molar-refractivity contribution in [2.45, 2.75) is 19.5 Å². The number of carbonyl (C=O) groups excluding carboxylic acids is 1. The van der Waals surface area contributed by atoms with Crippen molar-refractivity contribution in [1.82, 2.24) is 10.6 Å². The Bertz CT molecular complexity index is 631. The van der Waals surface area contributed by atoms with Crippen molar-refractivity contribution in [2.24, 2.45) is 0 Å². The summed E-state index contributed by atoms with van der Waals surface area (Å²) in [6, 6.07) is 13.6.